The van der Waals surface area contributed by atoms with Crippen LogP contribution in [0.15, 0.2) is 0 Å². The number of carboxylic acid groups (broad SMARTS) is 1. The third-order valence-electron chi connectivity index (χ3n) is 3.20. The molecule has 1 fully saturated rings. The van der Waals surface area contributed by atoms with Crippen LogP contribution in [-0.2, 0) is 14.3 Å². The van der Waals surface area contributed by atoms with Crippen LogP contribution in [0, 0.1) is 0 Å². The Morgan fingerprint density at radius 1 is 1.38 bits per heavy atom. The number of nitrogens with zero attached hydrogens (tertiary/aromatic N) is 2. The summed E-state index contributed by atoms with van der Waals surface area (Å²) >= 11 is 0. The molecule has 1 aliphatic rings. The maximum Gasteiger partial charge on any atom is 0.323 e. The summed E-state index contributed by atoms with van der Waals surface area (Å²) in [6.07, 6.45) is 0.799. The van der Waals surface area contributed by atoms with E-state index in [1.807, 2.05) is 6.92 Å². The molecule has 1 heterocycles. The first-order chi connectivity index (χ1) is 10.0. The van der Waals surface area contributed by atoms with Gasteiger partial charge >= 0.3 is 12.0 Å². The molecule has 1 unspecified atom stereocenters. The molecule has 120 valence electrons. The number of carbonyl (C=O) groups excluding carboxylic acids is 2. The number of carbonyl (C=O) groups is 3. The fraction of sp³-hybridized carbons (Fsp3) is 0.769. The largest absolute Gasteiger partial charge is 0.480 e. The van der Waals surface area contributed by atoms with Crippen molar-refractivity contribution in [3.8, 4) is 0 Å². The summed E-state index contributed by atoms with van der Waals surface area (Å²) < 4.78 is 5.27. The van der Waals surface area contributed by atoms with Crippen molar-refractivity contribution < 1.29 is 24.2 Å². The molecule has 1 aliphatic heterocycles. The van der Waals surface area contributed by atoms with Crippen molar-refractivity contribution in [2.45, 2.75) is 26.3 Å². The normalized spacial score (nSPS) is 18.2. The van der Waals surface area contributed by atoms with Crippen LogP contribution in [0.25, 0.3) is 0 Å². The van der Waals surface area contributed by atoms with Gasteiger partial charge < -0.3 is 25.0 Å². The van der Waals surface area contributed by atoms with Gasteiger partial charge in [0.25, 0.3) is 0 Å². The summed E-state index contributed by atoms with van der Waals surface area (Å²) in [7, 11) is 0. The van der Waals surface area contributed by atoms with Crippen LogP contribution in [0.1, 0.15) is 20.3 Å². The van der Waals surface area contributed by atoms with Gasteiger partial charge in [-0.15, -0.1) is 0 Å². The third kappa shape index (κ3) is 4.89. The van der Waals surface area contributed by atoms with E-state index >= 15 is 0 Å². The Morgan fingerprint density at radius 2 is 2.10 bits per heavy atom. The number of hydrogen-bond acceptors (Lipinski definition) is 4. The standard InChI is InChI=1S/C13H23N3O5/c1-3-5-14-12(19)10-9-21-7-6-16(10)13(20)15(4-2)8-11(17)18/h10H,3-9H2,1-2H3,(H,14,19)(H,17,18). The molecule has 0 saturated carbocycles. The first kappa shape index (κ1) is 17.2. The fourth-order valence-corrected chi connectivity index (χ4v) is 2.08. The quantitative estimate of drug-likeness (QED) is 0.704. The van der Waals surface area contributed by atoms with Gasteiger partial charge in [-0.25, -0.2) is 4.79 Å². The summed E-state index contributed by atoms with van der Waals surface area (Å²) in [5.41, 5.74) is 0. The Bertz CT molecular complexity index is 388. The van der Waals surface area contributed by atoms with Gasteiger partial charge in [0.05, 0.1) is 13.2 Å². The van der Waals surface area contributed by atoms with E-state index < -0.39 is 18.0 Å². The lowest BCUT2D eigenvalue weighted by atomic mass is 10.2. The Labute approximate surface area is 124 Å². The van der Waals surface area contributed by atoms with E-state index in [0.717, 1.165) is 6.42 Å². The van der Waals surface area contributed by atoms with Crippen LogP contribution in [-0.4, -0.2) is 78.2 Å². The number of ether oxygens (including phenoxy) is 1. The highest BCUT2D eigenvalue weighted by Crippen LogP contribution is 2.11. The zero-order valence-electron chi connectivity index (χ0n) is 12.5. The van der Waals surface area contributed by atoms with E-state index in [9.17, 15) is 14.4 Å². The van der Waals surface area contributed by atoms with Crippen molar-refractivity contribution >= 4 is 17.9 Å². The molecule has 0 aromatic rings. The number of carboxylic acids is 1. The number of hydrogen-bond donors (Lipinski definition) is 2. The lowest BCUT2D eigenvalue weighted by molar-refractivity contribution is -0.137. The predicted molar refractivity (Wildman–Crippen MR) is 74.9 cm³/mol. The van der Waals surface area contributed by atoms with Crippen LogP contribution in [0.5, 0.6) is 0 Å². The number of likely N-dealkylation sites (N-methyl/N-ethyl adjacent to an activating group) is 1. The van der Waals surface area contributed by atoms with Crippen LogP contribution >= 0.6 is 0 Å². The van der Waals surface area contributed by atoms with Gasteiger partial charge in [0.15, 0.2) is 0 Å². The Kier molecular flexibility index (Phi) is 6.93. The summed E-state index contributed by atoms with van der Waals surface area (Å²) in [6.45, 7) is 4.81. The summed E-state index contributed by atoms with van der Waals surface area (Å²) in [5, 5.41) is 11.6. The topological polar surface area (TPSA) is 99.2 Å². The van der Waals surface area contributed by atoms with Gasteiger partial charge in [0.1, 0.15) is 12.6 Å². The smallest absolute Gasteiger partial charge is 0.323 e. The fourth-order valence-electron chi connectivity index (χ4n) is 2.08. The van der Waals surface area contributed by atoms with Gasteiger partial charge in [-0.1, -0.05) is 6.92 Å². The van der Waals surface area contributed by atoms with Crippen LogP contribution in [0.4, 0.5) is 4.79 Å². The number of aliphatic carboxylic acids is 1. The Balaban J connectivity index is 2.76. The monoisotopic (exact) mass is 301 g/mol. The number of morpholine rings is 1. The van der Waals surface area contributed by atoms with E-state index in [4.69, 9.17) is 9.84 Å². The lowest BCUT2D eigenvalue weighted by Gasteiger charge is -2.37. The number of amides is 3. The van der Waals surface area contributed by atoms with Gasteiger partial charge in [-0.05, 0) is 13.3 Å². The molecule has 2 N–H and O–H groups in total. The Hall–Kier alpha value is -1.83. The molecule has 21 heavy (non-hydrogen) atoms. The molecule has 0 bridgehead atoms. The zero-order valence-corrected chi connectivity index (χ0v) is 12.5. The SMILES string of the molecule is CCCNC(=O)C1COCCN1C(=O)N(CC)CC(=O)O. The molecule has 8 nitrogen and oxygen atoms in total. The minimum absolute atomic E-state index is 0.131. The van der Waals surface area contributed by atoms with Crippen molar-refractivity contribution in [2.75, 3.05) is 39.4 Å². The van der Waals surface area contributed by atoms with E-state index in [1.54, 1.807) is 6.92 Å². The summed E-state index contributed by atoms with van der Waals surface area (Å²) in [5.74, 6) is -1.35. The number of nitrogens with one attached hydrogen (secondary N) is 1. The second-order valence-corrected chi connectivity index (χ2v) is 4.77. The summed E-state index contributed by atoms with van der Waals surface area (Å²) in [4.78, 5) is 37.9. The average Bonchev–Trinajstić information content (AvgIpc) is 2.49. The van der Waals surface area contributed by atoms with Gasteiger partial charge in [0, 0.05) is 19.6 Å². The maximum atomic E-state index is 12.4. The summed E-state index contributed by atoms with van der Waals surface area (Å²) in [6, 6.07) is -1.15. The average molecular weight is 301 g/mol. The van der Waals surface area contributed by atoms with Gasteiger partial charge in [0.2, 0.25) is 5.91 Å². The predicted octanol–water partition coefficient (Wildman–Crippen LogP) is -0.260. The van der Waals surface area contributed by atoms with E-state index in [1.165, 1.54) is 9.80 Å². The molecule has 0 radical (unpaired) electrons. The highest BCUT2D eigenvalue weighted by Gasteiger charge is 2.35. The van der Waals surface area contributed by atoms with E-state index in [0.29, 0.717) is 13.2 Å². The van der Waals surface area contributed by atoms with Gasteiger partial charge in [-0.2, -0.15) is 0 Å². The molecule has 8 heteroatoms. The second kappa shape index (κ2) is 8.46. The molecule has 0 aliphatic carbocycles. The van der Waals surface area contributed by atoms with Crippen molar-refractivity contribution in [2.24, 2.45) is 0 Å². The third-order valence-corrected chi connectivity index (χ3v) is 3.20. The molecule has 1 atom stereocenters. The van der Waals surface area contributed by atoms with Crippen LogP contribution < -0.4 is 5.32 Å². The molecule has 0 spiro atoms. The molecular weight excluding hydrogens is 278 g/mol. The van der Waals surface area contributed by atoms with E-state index in [2.05, 4.69) is 5.32 Å². The van der Waals surface area contributed by atoms with E-state index in [-0.39, 0.29) is 32.1 Å². The molecule has 0 aromatic heterocycles. The lowest BCUT2D eigenvalue weighted by Crippen LogP contribution is -2.59. The number of urea groups is 1. The molecule has 0 aromatic carbocycles. The zero-order chi connectivity index (χ0) is 15.8. The number of rotatable bonds is 6. The maximum absolute atomic E-state index is 12.4. The highest BCUT2D eigenvalue weighted by atomic mass is 16.5. The highest BCUT2D eigenvalue weighted by molar-refractivity contribution is 5.88. The second-order valence-electron chi connectivity index (χ2n) is 4.77. The van der Waals surface area contributed by atoms with Crippen LogP contribution in [0.2, 0.25) is 0 Å². The Morgan fingerprint density at radius 3 is 2.67 bits per heavy atom. The minimum atomic E-state index is -1.08. The molecule has 3 amide bonds. The molecular formula is C13H23N3O5. The van der Waals surface area contributed by atoms with Gasteiger partial charge in [-0.3, -0.25) is 9.59 Å². The van der Waals surface area contributed by atoms with Crippen molar-refractivity contribution in [1.29, 1.82) is 0 Å². The first-order valence-electron chi connectivity index (χ1n) is 7.14. The molecule has 1 saturated heterocycles. The molecule has 1 rings (SSSR count). The van der Waals surface area contributed by atoms with Crippen molar-refractivity contribution in [1.82, 2.24) is 15.1 Å². The van der Waals surface area contributed by atoms with Crippen molar-refractivity contribution in [3.63, 3.8) is 0 Å². The van der Waals surface area contributed by atoms with Crippen LogP contribution in [0.3, 0.4) is 0 Å². The first-order valence-corrected chi connectivity index (χ1v) is 7.14. The van der Waals surface area contributed by atoms with Crippen molar-refractivity contribution in [3.05, 3.63) is 0 Å². The minimum Gasteiger partial charge on any atom is -0.480 e.